The highest BCUT2D eigenvalue weighted by atomic mass is 15.3. The molecule has 5 nitrogen and oxygen atoms in total. The molecule has 2 aromatic rings. The van der Waals surface area contributed by atoms with Gasteiger partial charge < -0.3 is 10.7 Å². The molecule has 0 bridgehead atoms. The number of anilines is 2. The zero-order valence-electron chi connectivity index (χ0n) is 12.8. The smallest absolute Gasteiger partial charge is 0.148 e. The van der Waals surface area contributed by atoms with Crippen molar-refractivity contribution >= 4 is 11.6 Å². The summed E-state index contributed by atoms with van der Waals surface area (Å²) in [5, 5.41) is 3.52. The summed E-state index contributed by atoms with van der Waals surface area (Å²) in [4.78, 5) is 8.60. The highest BCUT2D eigenvalue weighted by molar-refractivity contribution is 5.59. The second-order valence-electron chi connectivity index (χ2n) is 5.30. The Morgan fingerprint density at radius 2 is 1.76 bits per heavy atom. The third-order valence-electron chi connectivity index (χ3n) is 3.52. The van der Waals surface area contributed by atoms with Gasteiger partial charge in [-0.1, -0.05) is 51.1 Å². The van der Waals surface area contributed by atoms with Crippen LogP contribution in [0.15, 0.2) is 36.7 Å². The molecule has 0 saturated heterocycles. The fourth-order valence-electron chi connectivity index (χ4n) is 2.44. The summed E-state index contributed by atoms with van der Waals surface area (Å²) in [5.41, 5.74) is 4.91. The van der Waals surface area contributed by atoms with E-state index in [2.05, 4.69) is 65.7 Å². The summed E-state index contributed by atoms with van der Waals surface area (Å²) in [6.07, 6.45) is 2.50. The second kappa shape index (κ2) is 7.04. The number of nitrogen functional groups attached to an aromatic ring is 1. The first kappa shape index (κ1) is 15.3. The van der Waals surface area contributed by atoms with Crippen LogP contribution in [-0.2, 0) is 0 Å². The van der Waals surface area contributed by atoms with Crippen molar-refractivity contribution in [1.82, 2.24) is 9.97 Å². The van der Waals surface area contributed by atoms with Crippen LogP contribution in [0.3, 0.4) is 0 Å². The van der Waals surface area contributed by atoms with Crippen LogP contribution >= 0.6 is 0 Å². The molecule has 1 unspecified atom stereocenters. The first-order chi connectivity index (χ1) is 10.2. The molecule has 21 heavy (non-hydrogen) atoms. The minimum atomic E-state index is 0.212. The van der Waals surface area contributed by atoms with Crippen LogP contribution in [-0.4, -0.2) is 9.97 Å². The number of aromatic nitrogens is 2. The van der Waals surface area contributed by atoms with E-state index in [0.717, 1.165) is 17.8 Å². The maximum Gasteiger partial charge on any atom is 0.148 e. The van der Waals surface area contributed by atoms with E-state index in [-0.39, 0.29) is 12.0 Å². The van der Waals surface area contributed by atoms with Gasteiger partial charge in [-0.3, -0.25) is 0 Å². The van der Waals surface area contributed by atoms with Crippen molar-refractivity contribution < 1.29 is 0 Å². The Kier molecular flexibility index (Phi) is 5.11. The lowest BCUT2D eigenvalue weighted by atomic mass is 10.0. The maximum atomic E-state index is 5.56. The van der Waals surface area contributed by atoms with Gasteiger partial charge in [0.2, 0.25) is 0 Å². The molecule has 2 rings (SSSR count). The van der Waals surface area contributed by atoms with Crippen LogP contribution < -0.4 is 16.6 Å². The van der Waals surface area contributed by atoms with Crippen LogP contribution in [0, 0.1) is 0 Å². The number of hydrogen-bond acceptors (Lipinski definition) is 5. The average Bonchev–Trinajstić information content (AvgIpc) is 2.52. The zero-order chi connectivity index (χ0) is 15.2. The molecule has 1 aromatic carbocycles. The van der Waals surface area contributed by atoms with Gasteiger partial charge in [0.05, 0.1) is 6.04 Å². The van der Waals surface area contributed by atoms with Gasteiger partial charge in [-0.25, -0.2) is 15.8 Å². The van der Waals surface area contributed by atoms with Gasteiger partial charge in [-0.05, 0) is 17.9 Å². The summed E-state index contributed by atoms with van der Waals surface area (Å²) in [7, 11) is 0. The summed E-state index contributed by atoms with van der Waals surface area (Å²) in [6, 6.07) is 10.6. The fourth-order valence-corrected chi connectivity index (χ4v) is 2.44. The first-order valence-corrected chi connectivity index (χ1v) is 7.30. The zero-order valence-corrected chi connectivity index (χ0v) is 12.8. The Morgan fingerprint density at radius 3 is 2.33 bits per heavy atom. The van der Waals surface area contributed by atoms with E-state index in [9.17, 15) is 0 Å². The van der Waals surface area contributed by atoms with Crippen molar-refractivity contribution in [3.63, 3.8) is 0 Å². The fraction of sp³-hybridized carbons (Fsp3) is 0.375. The molecule has 0 spiro atoms. The van der Waals surface area contributed by atoms with Crippen molar-refractivity contribution in [3.05, 3.63) is 47.8 Å². The molecular weight excluding hydrogens is 262 g/mol. The molecule has 1 aromatic heterocycles. The van der Waals surface area contributed by atoms with Crippen LogP contribution in [0.2, 0.25) is 0 Å². The Morgan fingerprint density at radius 1 is 1.10 bits per heavy atom. The van der Waals surface area contributed by atoms with Gasteiger partial charge in [-0.2, -0.15) is 0 Å². The molecule has 0 fully saturated rings. The van der Waals surface area contributed by atoms with Crippen LogP contribution in [0.1, 0.15) is 50.3 Å². The third kappa shape index (κ3) is 3.49. The van der Waals surface area contributed by atoms with Crippen LogP contribution in [0.5, 0.6) is 0 Å². The Labute approximate surface area is 126 Å². The SMILES string of the molecule is CCC(Nc1ncnc(NN)c1C(C)C)c1ccccc1. The van der Waals surface area contributed by atoms with Gasteiger partial charge in [-0.15, -0.1) is 0 Å². The Balaban J connectivity index is 2.34. The quantitative estimate of drug-likeness (QED) is 0.560. The van der Waals surface area contributed by atoms with Crippen molar-refractivity contribution in [2.75, 3.05) is 10.7 Å². The average molecular weight is 285 g/mol. The molecule has 0 aliphatic heterocycles. The number of nitrogens with one attached hydrogen (secondary N) is 2. The number of hydrogen-bond donors (Lipinski definition) is 3. The number of nitrogens with two attached hydrogens (primary N) is 1. The Hall–Kier alpha value is -2.14. The van der Waals surface area contributed by atoms with E-state index in [4.69, 9.17) is 5.84 Å². The maximum absolute atomic E-state index is 5.56. The normalized spacial score (nSPS) is 12.2. The standard InChI is InChI=1S/C16H23N5/c1-4-13(12-8-6-5-7-9-12)20-15-14(11(2)3)16(21-17)19-10-18-15/h5-11,13H,4,17H2,1-3H3,(H2,18,19,20,21). The topological polar surface area (TPSA) is 75.9 Å². The number of hydrazine groups is 1. The highest BCUT2D eigenvalue weighted by Gasteiger charge is 2.17. The predicted molar refractivity (Wildman–Crippen MR) is 87.0 cm³/mol. The lowest BCUT2D eigenvalue weighted by molar-refractivity contribution is 0.735. The van der Waals surface area contributed by atoms with E-state index in [1.54, 1.807) is 0 Å². The molecule has 1 heterocycles. The van der Waals surface area contributed by atoms with Gasteiger partial charge in [0, 0.05) is 5.56 Å². The predicted octanol–water partition coefficient (Wildman–Crippen LogP) is 3.45. The lowest BCUT2D eigenvalue weighted by Crippen LogP contribution is -2.17. The molecule has 112 valence electrons. The highest BCUT2D eigenvalue weighted by Crippen LogP contribution is 2.31. The largest absolute Gasteiger partial charge is 0.363 e. The molecular formula is C16H23N5. The molecule has 4 N–H and O–H groups in total. The number of rotatable bonds is 6. The lowest BCUT2D eigenvalue weighted by Gasteiger charge is -2.22. The van der Waals surface area contributed by atoms with E-state index < -0.39 is 0 Å². The molecule has 0 aliphatic rings. The van der Waals surface area contributed by atoms with Gasteiger partial charge in [0.15, 0.2) is 0 Å². The molecule has 0 saturated carbocycles. The Bertz CT molecular complexity index is 568. The third-order valence-corrected chi connectivity index (χ3v) is 3.52. The molecule has 0 aliphatic carbocycles. The summed E-state index contributed by atoms with van der Waals surface area (Å²) < 4.78 is 0. The number of benzene rings is 1. The minimum absolute atomic E-state index is 0.212. The monoisotopic (exact) mass is 285 g/mol. The number of nitrogens with zero attached hydrogens (tertiary/aromatic N) is 2. The van der Waals surface area contributed by atoms with Crippen LogP contribution in [0.25, 0.3) is 0 Å². The molecule has 0 radical (unpaired) electrons. The van der Waals surface area contributed by atoms with Crippen molar-refractivity contribution in [3.8, 4) is 0 Å². The van der Waals surface area contributed by atoms with Crippen molar-refractivity contribution in [2.45, 2.75) is 39.2 Å². The molecule has 5 heteroatoms. The van der Waals surface area contributed by atoms with Gasteiger partial charge in [0.1, 0.15) is 18.0 Å². The van der Waals surface area contributed by atoms with Gasteiger partial charge >= 0.3 is 0 Å². The van der Waals surface area contributed by atoms with E-state index in [1.807, 2.05) is 6.07 Å². The second-order valence-corrected chi connectivity index (χ2v) is 5.30. The van der Waals surface area contributed by atoms with Crippen LogP contribution in [0.4, 0.5) is 11.6 Å². The first-order valence-electron chi connectivity index (χ1n) is 7.30. The summed E-state index contributed by atoms with van der Waals surface area (Å²) in [6.45, 7) is 6.37. The van der Waals surface area contributed by atoms with Crippen molar-refractivity contribution in [2.24, 2.45) is 5.84 Å². The van der Waals surface area contributed by atoms with Crippen molar-refractivity contribution in [1.29, 1.82) is 0 Å². The minimum Gasteiger partial charge on any atom is -0.363 e. The van der Waals surface area contributed by atoms with Gasteiger partial charge in [0.25, 0.3) is 0 Å². The van der Waals surface area contributed by atoms with E-state index in [0.29, 0.717) is 5.82 Å². The van der Waals surface area contributed by atoms with E-state index in [1.165, 1.54) is 11.9 Å². The molecule has 0 amide bonds. The summed E-state index contributed by atoms with van der Waals surface area (Å²) in [5.74, 6) is 7.34. The summed E-state index contributed by atoms with van der Waals surface area (Å²) >= 11 is 0. The van der Waals surface area contributed by atoms with E-state index >= 15 is 0 Å². The molecule has 1 atom stereocenters.